The van der Waals surface area contributed by atoms with Gasteiger partial charge in [0.05, 0.1) is 18.0 Å². The molecule has 1 heterocycles. The van der Waals surface area contributed by atoms with Gasteiger partial charge in [-0.2, -0.15) is 0 Å². The Labute approximate surface area is 116 Å². The van der Waals surface area contributed by atoms with Crippen LogP contribution >= 0.6 is 23.4 Å². The van der Waals surface area contributed by atoms with Gasteiger partial charge in [0.1, 0.15) is 5.16 Å². The number of hydrogen-bond acceptors (Lipinski definition) is 3. The van der Waals surface area contributed by atoms with Crippen molar-refractivity contribution in [2.75, 3.05) is 0 Å². The second kappa shape index (κ2) is 7.25. The fraction of sp³-hybridized carbons (Fsp3) is 0. The molecule has 0 aromatic heterocycles. The quantitative estimate of drug-likeness (QED) is 0.241. The van der Waals surface area contributed by atoms with Gasteiger partial charge in [-0.15, -0.1) is 9.74 Å². The third kappa shape index (κ3) is 5.27. The number of hydrazine groups is 1. The van der Waals surface area contributed by atoms with Gasteiger partial charge in [-0.25, -0.2) is 0 Å². The molecule has 0 spiro atoms. The van der Waals surface area contributed by atoms with E-state index in [4.69, 9.17) is 23.4 Å². The van der Waals surface area contributed by atoms with E-state index in [2.05, 4.69) is 10.5 Å². The SMILES string of the molecule is ClC1=CC=NN(Cl)N1.[H-].[H-].[Na+].[Na+]. The molecule has 1 N–H and O–H groups in total. The van der Waals surface area contributed by atoms with Crippen molar-refractivity contribution in [2.24, 2.45) is 5.10 Å². The summed E-state index contributed by atoms with van der Waals surface area (Å²) in [6.07, 6.45) is 3.09. The average molecular weight is 200 g/mol. The number of allylic oxidation sites excluding steroid dienone is 1. The van der Waals surface area contributed by atoms with Crippen LogP contribution in [0.5, 0.6) is 0 Å². The minimum absolute atomic E-state index is 0. The van der Waals surface area contributed by atoms with Gasteiger partial charge < -0.3 is 2.85 Å². The second-order valence-electron chi connectivity index (χ2n) is 1.15. The van der Waals surface area contributed by atoms with Gasteiger partial charge in [0.2, 0.25) is 0 Å². The summed E-state index contributed by atoms with van der Waals surface area (Å²) in [5, 5.41) is 4.04. The number of nitrogens with zero attached hydrogens (tertiary/aromatic N) is 2. The standard InChI is InChI=1S/C3H3Cl2N3.2Na.2H/c4-3-1-2-6-8(5)7-3;;;;/h1-2,7H;;;;/q;2*+1;2*-1. The molecule has 0 radical (unpaired) electrons. The summed E-state index contributed by atoms with van der Waals surface area (Å²) in [5.74, 6) is 0. The summed E-state index contributed by atoms with van der Waals surface area (Å²) >= 11 is 10.8. The first kappa shape index (κ1) is 14.1. The first-order valence-corrected chi connectivity index (χ1v) is 2.63. The van der Waals surface area contributed by atoms with Crippen LogP contribution < -0.4 is 64.5 Å². The molecule has 0 saturated carbocycles. The summed E-state index contributed by atoms with van der Waals surface area (Å²) in [4.78, 5) is 0. The van der Waals surface area contributed by atoms with Crippen molar-refractivity contribution in [1.82, 2.24) is 10.1 Å². The van der Waals surface area contributed by atoms with Crippen LogP contribution in [0.1, 0.15) is 2.85 Å². The van der Waals surface area contributed by atoms with E-state index >= 15 is 0 Å². The smallest absolute Gasteiger partial charge is 1.00 e. The maximum Gasteiger partial charge on any atom is 1.00 e. The van der Waals surface area contributed by atoms with Crippen LogP contribution in [-0.2, 0) is 0 Å². The third-order valence-corrected chi connectivity index (χ3v) is 0.970. The van der Waals surface area contributed by atoms with E-state index in [9.17, 15) is 0 Å². The Morgan fingerprint density at radius 2 is 2.20 bits per heavy atom. The number of halogens is 2. The van der Waals surface area contributed by atoms with Crippen LogP contribution in [0.25, 0.3) is 0 Å². The van der Waals surface area contributed by atoms with Gasteiger partial charge in [0, 0.05) is 0 Å². The molecule has 0 fully saturated rings. The molecule has 0 aliphatic carbocycles. The first-order chi connectivity index (χ1) is 3.79. The van der Waals surface area contributed by atoms with E-state index in [1.807, 2.05) is 0 Å². The molecule has 0 amide bonds. The fourth-order valence-corrected chi connectivity index (χ4v) is 0.633. The molecular formula is C3H5Cl2N3Na2. The maximum atomic E-state index is 5.44. The van der Waals surface area contributed by atoms with Crippen LogP contribution in [0.3, 0.4) is 0 Å². The Kier molecular flexibility index (Phi) is 10.2. The Morgan fingerprint density at radius 1 is 1.60 bits per heavy atom. The first-order valence-electron chi connectivity index (χ1n) is 1.91. The monoisotopic (exact) mass is 199 g/mol. The molecule has 10 heavy (non-hydrogen) atoms. The normalized spacial score (nSPS) is 14.2. The predicted octanol–water partition coefficient (Wildman–Crippen LogP) is -4.74. The maximum absolute atomic E-state index is 5.44. The molecule has 0 aromatic carbocycles. The zero-order valence-electron chi connectivity index (χ0n) is 7.81. The van der Waals surface area contributed by atoms with Crippen LogP contribution in [0.4, 0.5) is 0 Å². The molecule has 0 atom stereocenters. The van der Waals surface area contributed by atoms with Gasteiger partial charge in [0.25, 0.3) is 0 Å². The average Bonchev–Trinajstić information content (AvgIpc) is 1.64. The molecular weight excluding hydrogens is 195 g/mol. The minimum atomic E-state index is 0. The van der Waals surface area contributed by atoms with Crippen molar-refractivity contribution < 1.29 is 62.0 Å². The summed E-state index contributed by atoms with van der Waals surface area (Å²) in [6.45, 7) is 0. The van der Waals surface area contributed by atoms with Crippen molar-refractivity contribution in [3.8, 4) is 0 Å². The van der Waals surface area contributed by atoms with E-state index in [1.54, 1.807) is 6.08 Å². The minimum Gasteiger partial charge on any atom is -1.00 e. The number of rotatable bonds is 0. The van der Waals surface area contributed by atoms with Gasteiger partial charge in [-0.3, -0.25) is 5.43 Å². The van der Waals surface area contributed by atoms with Crippen LogP contribution in [-0.4, -0.2) is 10.9 Å². The Bertz CT molecular complexity index is 156. The Balaban J connectivity index is -0.0000000800. The second-order valence-corrected chi connectivity index (χ2v) is 1.88. The number of hydrazone groups is 1. The molecule has 1 rings (SSSR count). The van der Waals surface area contributed by atoms with Crippen molar-refractivity contribution in [3.63, 3.8) is 0 Å². The summed E-state index contributed by atoms with van der Waals surface area (Å²) in [6, 6.07) is 0. The van der Waals surface area contributed by atoms with Crippen molar-refractivity contribution in [2.45, 2.75) is 0 Å². The molecule has 3 nitrogen and oxygen atoms in total. The number of nitrogens with one attached hydrogen (secondary N) is 1. The zero-order chi connectivity index (χ0) is 5.98. The fourth-order valence-electron chi connectivity index (χ4n) is 0.312. The van der Waals surface area contributed by atoms with Crippen molar-refractivity contribution in [1.29, 1.82) is 0 Å². The van der Waals surface area contributed by atoms with E-state index in [-0.39, 0.29) is 62.0 Å². The van der Waals surface area contributed by atoms with E-state index in [1.165, 1.54) is 6.21 Å². The van der Waals surface area contributed by atoms with Crippen molar-refractivity contribution >= 4 is 29.6 Å². The van der Waals surface area contributed by atoms with Crippen LogP contribution in [0, 0.1) is 0 Å². The topological polar surface area (TPSA) is 27.6 Å². The van der Waals surface area contributed by atoms with Crippen LogP contribution in [0.15, 0.2) is 16.3 Å². The van der Waals surface area contributed by atoms with Crippen molar-refractivity contribution in [3.05, 3.63) is 11.2 Å². The van der Waals surface area contributed by atoms with Gasteiger partial charge in [-0.05, 0) is 6.08 Å². The molecule has 0 saturated heterocycles. The largest absolute Gasteiger partial charge is 1.00 e. The van der Waals surface area contributed by atoms with E-state index < -0.39 is 0 Å². The Hall–Kier alpha value is 1.59. The third-order valence-electron chi connectivity index (χ3n) is 0.588. The molecule has 48 valence electrons. The van der Waals surface area contributed by atoms with E-state index in [0.29, 0.717) is 5.16 Å². The predicted molar refractivity (Wildman–Crippen MR) is 35.5 cm³/mol. The molecule has 0 unspecified atom stereocenters. The summed E-state index contributed by atoms with van der Waals surface area (Å²) in [5.41, 5.74) is 2.51. The molecule has 0 aromatic rings. The van der Waals surface area contributed by atoms with E-state index in [0.717, 1.165) is 4.64 Å². The van der Waals surface area contributed by atoms with Gasteiger partial charge >= 0.3 is 59.1 Å². The summed E-state index contributed by atoms with van der Waals surface area (Å²) in [7, 11) is 0. The van der Waals surface area contributed by atoms with Gasteiger partial charge in [0.15, 0.2) is 0 Å². The number of hydrogen-bond donors (Lipinski definition) is 1. The molecule has 1 aliphatic rings. The Morgan fingerprint density at radius 3 is 2.50 bits per heavy atom. The zero-order valence-corrected chi connectivity index (χ0v) is 11.3. The summed E-state index contributed by atoms with van der Waals surface area (Å²) < 4.78 is 1.00. The van der Waals surface area contributed by atoms with Crippen LogP contribution in [0.2, 0.25) is 0 Å². The molecule has 0 bridgehead atoms. The molecule has 1 aliphatic heterocycles. The van der Waals surface area contributed by atoms with Gasteiger partial charge in [-0.1, -0.05) is 11.6 Å². The molecule has 7 heteroatoms.